The van der Waals surface area contributed by atoms with Gasteiger partial charge in [-0.2, -0.15) is 0 Å². The average Bonchev–Trinajstić information content (AvgIpc) is 2.78. The molecule has 2 rings (SSSR count). The SMILES string of the molecule is Cc1nnsc1CNCC1CCCO1. The zero-order chi connectivity index (χ0) is 9.80. The van der Waals surface area contributed by atoms with Crippen LogP contribution in [0.25, 0.3) is 0 Å². The lowest BCUT2D eigenvalue weighted by Crippen LogP contribution is -2.25. The number of nitrogens with zero attached hydrogens (tertiary/aromatic N) is 2. The molecule has 0 radical (unpaired) electrons. The number of aryl methyl sites for hydroxylation is 1. The van der Waals surface area contributed by atoms with Crippen LogP contribution in [0.5, 0.6) is 0 Å². The van der Waals surface area contributed by atoms with Gasteiger partial charge in [0.05, 0.1) is 16.7 Å². The number of hydrogen-bond donors (Lipinski definition) is 1. The monoisotopic (exact) mass is 213 g/mol. The first-order valence-corrected chi connectivity index (χ1v) is 5.74. The van der Waals surface area contributed by atoms with Crippen molar-refractivity contribution in [1.82, 2.24) is 14.9 Å². The summed E-state index contributed by atoms with van der Waals surface area (Å²) in [6.07, 6.45) is 2.80. The van der Waals surface area contributed by atoms with Crippen LogP contribution in [0.4, 0.5) is 0 Å². The number of hydrogen-bond acceptors (Lipinski definition) is 5. The zero-order valence-electron chi connectivity index (χ0n) is 8.32. The van der Waals surface area contributed by atoms with Crippen LogP contribution in [-0.4, -0.2) is 28.8 Å². The molecule has 78 valence electrons. The van der Waals surface area contributed by atoms with Crippen LogP contribution in [-0.2, 0) is 11.3 Å². The molecule has 1 aliphatic heterocycles. The van der Waals surface area contributed by atoms with Crippen molar-refractivity contribution in [2.75, 3.05) is 13.2 Å². The lowest BCUT2D eigenvalue weighted by molar-refractivity contribution is 0.110. The molecular weight excluding hydrogens is 198 g/mol. The van der Waals surface area contributed by atoms with E-state index in [0.717, 1.165) is 25.4 Å². The molecule has 5 heteroatoms. The maximum Gasteiger partial charge on any atom is 0.0769 e. The molecule has 1 aromatic heterocycles. The Balaban J connectivity index is 1.70. The Bertz CT molecular complexity index is 283. The van der Waals surface area contributed by atoms with E-state index in [1.54, 1.807) is 0 Å². The second-order valence-electron chi connectivity index (χ2n) is 3.55. The maximum atomic E-state index is 5.51. The summed E-state index contributed by atoms with van der Waals surface area (Å²) in [7, 11) is 0. The molecule has 0 bridgehead atoms. The van der Waals surface area contributed by atoms with Crippen molar-refractivity contribution in [3.63, 3.8) is 0 Å². The molecule has 1 aliphatic rings. The second-order valence-corrected chi connectivity index (χ2v) is 4.39. The summed E-state index contributed by atoms with van der Waals surface area (Å²) in [6.45, 7) is 4.72. The van der Waals surface area contributed by atoms with Crippen LogP contribution < -0.4 is 5.32 Å². The quantitative estimate of drug-likeness (QED) is 0.814. The van der Waals surface area contributed by atoms with E-state index in [1.165, 1.54) is 29.3 Å². The first-order valence-electron chi connectivity index (χ1n) is 4.96. The average molecular weight is 213 g/mol. The van der Waals surface area contributed by atoms with E-state index in [1.807, 2.05) is 6.92 Å². The Hall–Kier alpha value is -0.520. The normalized spacial score (nSPS) is 21.6. The summed E-state index contributed by atoms with van der Waals surface area (Å²) in [4.78, 5) is 1.22. The van der Waals surface area contributed by atoms with Crippen molar-refractivity contribution in [2.24, 2.45) is 0 Å². The van der Waals surface area contributed by atoms with Crippen LogP contribution in [0.2, 0.25) is 0 Å². The summed E-state index contributed by atoms with van der Waals surface area (Å²) in [5.74, 6) is 0. The van der Waals surface area contributed by atoms with Crippen LogP contribution in [0.15, 0.2) is 0 Å². The van der Waals surface area contributed by atoms with E-state index < -0.39 is 0 Å². The van der Waals surface area contributed by atoms with Gasteiger partial charge in [0.2, 0.25) is 0 Å². The molecule has 0 aliphatic carbocycles. The van der Waals surface area contributed by atoms with Crippen molar-refractivity contribution in [3.8, 4) is 0 Å². The van der Waals surface area contributed by atoms with Gasteiger partial charge in [0.15, 0.2) is 0 Å². The zero-order valence-corrected chi connectivity index (χ0v) is 9.14. The molecule has 14 heavy (non-hydrogen) atoms. The fourth-order valence-corrected chi connectivity index (χ4v) is 2.17. The molecule has 1 saturated heterocycles. The van der Waals surface area contributed by atoms with Crippen molar-refractivity contribution in [2.45, 2.75) is 32.4 Å². The third-order valence-corrected chi connectivity index (χ3v) is 3.25. The summed E-state index contributed by atoms with van der Waals surface area (Å²) in [5, 5.41) is 7.34. The molecular formula is C9H15N3OS. The number of aromatic nitrogens is 2. The molecule has 1 aromatic rings. The highest BCUT2D eigenvalue weighted by Crippen LogP contribution is 2.12. The number of ether oxygens (including phenoxy) is 1. The van der Waals surface area contributed by atoms with Crippen LogP contribution >= 0.6 is 11.5 Å². The van der Waals surface area contributed by atoms with Crippen LogP contribution in [0.1, 0.15) is 23.4 Å². The minimum Gasteiger partial charge on any atom is -0.377 e. The number of rotatable bonds is 4. The highest BCUT2D eigenvalue weighted by molar-refractivity contribution is 7.05. The van der Waals surface area contributed by atoms with Gasteiger partial charge in [0.25, 0.3) is 0 Å². The van der Waals surface area contributed by atoms with Gasteiger partial charge in [-0.15, -0.1) is 5.10 Å². The van der Waals surface area contributed by atoms with Gasteiger partial charge < -0.3 is 10.1 Å². The Kier molecular flexibility index (Phi) is 3.44. The van der Waals surface area contributed by atoms with Gasteiger partial charge in [-0.25, -0.2) is 0 Å². The summed E-state index contributed by atoms with van der Waals surface area (Å²) in [5.41, 5.74) is 1.04. The fraction of sp³-hybridized carbons (Fsp3) is 0.778. The highest BCUT2D eigenvalue weighted by atomic mass is 32.1. The highest BCUT2D eigenvalue weighted by Gasteiger charge is 2.14. The lowest BCUT2D eigenvalue weighted by Gasteiger charge is -2.09. The molecule has 0 spiro atoms. The molecule has 0 aromatic carbocycles. The predicted molar refractivity (Wildman–Crippen MR) is 55.3 cm³/mol. The van der Waals surface area contributed by atoms with E-state index in [9.17, 15) is 0 Å². The molecule has 4 nitrogen and oxygen atoms in total. The Morgan fingerprint density at radius 3 is 3.21 bits per heavy atom. The van der Waals surface area contributed by atoms with Gasteiger partial charge in [-0.05, 0) is 31.3 Å². The summed E-state index contributed by atoms with van der Waals surface area (Å²) >= 11 is 1.47. The molecule has 1 fully saturated rings. The van der Waals surface area contributed by atoms with Gasteiger partial charge in [0.1, 0.15) is 0 Å². The van der Waals surface area contributed by atoms with Crippen LogP contribution in [0, 0.1) is 6.92 Å². The Morgan fingerprint density at radius 2 is 2.57 bits per heavy atom. The van der Waals surface area contributed by atoms with Crippen molar-refractivity contribution < 1.29 is 4.74 Å². The standard InChI is InChI=1S/C9H15N3OS/c1-7-9(14-12-11-7)6-10-5-8-3-2-4-13-8/h8,10H,2-6H2,1H3. The number of nitrogens with one attached hydrogen (secondary N) is 1. The first kappa shape index (κ1) is 10.0. The van der Waals surface area contributed by atoms with Crippen molar-refractivity contribution in [3.05, 3.63) is 10.6 Å². The fourth-order valence-electron chi connectivity index (χ4n) is 1.56. The molecule has 0 saturated carbocycles. The van der Waals surface area contributed by atoms with Gasteiger partial charge in [0, 0.05) is 19.7 Å². The van der Waals surface area contributed by atoms with E-state index >= 15 is 0 Å². The molecule has 0 amide bonds. The Labute approximate surface area is 87.8 Å². The van der Waals surface area contributed by atoms with Gasteiger partial charge >= 0.3 is 0 Å². The molecule has 1 N–H and O–H groups in total. The molecule has 2 heterocycles. The van der Waals surface area contributed by atoms with E-state index in [2.05, 4.69) is 14.9 Å². The topological polar surface area (TPSA) is 47.0 Å². The third-order valence-electron chi connectivity index (χ3n) is 2.43. The van der Waals surface area contributed by atoms with Gasteiger partial charge in [-0.3, -0.25) is 0 Å². The minimum atomic E-state index is 0.413. The second kappa shape index (κ2) is 4.82. The smallest absolute Gasteiger partial charge is 0.0769 e. The third kappa shape index (κ3) is 2.50. The van der Waals surface area contributed by atoms with Crippen molar-refractivity contribution in [1.29, 1.82) is 0 Å². The minimum absolute atomic E-state index is 0.413. The first-order chi connectivity index (χ1) is 6.86. The van der Waals surface area contributed by atoms with Crippen molar-refractivity contribution >= 4 is 11.5 Å². The molecule has 1 unspecified atom stereocenters. The van der Waals surface area contributed by atoms with E-state index in [0.29, 0.717) is 6.10 Å². The van der Waals surface area contributed by atoms with Crippen LogP contribution in [0.3, 0.4) is 0 Å². The van der Waals surface area contributed by atoms with Gasteiger partial charge in [-0.1, -0.05) is 4.49 Å². The Morgan fingerprint density at radius 1 is 1.64 bits per heavy atom. The van der Waals surface area contributed by atoms with E-state index in [4.69, 9.17) is 4.74 Å². The largest absolute Gasteiger partial charge is 0.377 e. The maximum absolute atomic E-state index is 5.51. The molecule has 1 atom stereocenters. The predicted octanol–water partition coefficient (Wildman–Crippen LogP) is 1.12. The van der Waals surface area contributed by atoms with E-state index in [-0.39, 0.29) is 0 Å². The lowest BCUT2D eigenvalue weighted by atomic mass is 10.2. The summed E-state index contributed by atoms with van der Waals surface area (Å²) in [6, 6.07) is 0. The summed E-state index contributed by atoms with van der Waals surface area (Å²) < 4.78 is 9.40.